The predicted octanol–water partition coefficient (Wildman–Crippen LogP) is 2.76. The molecule has 1 fully saturated rings. The molecule has 2 unspecified atom stereocenters. The molecular weight excluding hydrogens is 234 g/mol. The van der Waals surface area contributed by atoms with Crippen LogP contribution in [0.15, 0.2) is 18.2 Å². The van der Waals surface area contributed by atoms with Crippen LogP contribution in [0.25, 0.3) is 0 Å². The summed E-state index contributed by atoms with van der Waals surface area (Å²) >= 11 is 0. The van der Waals surface area contributed by atoms with Crippen molar-refractivity contribution >= 4 is 5.69 Å². The summed E-state index contributed by atoms with van der Waals surface area (Å²) in [6, 6.07) is 8.53. The molecule has 2 rings (SSSR count). The van der Waals surface area contributed by atoms with Crippen molar-refractivity contribution in [3.8, 4) is 6.07 Å². The fraction of sp³-hybridized carbons (Fsp3) is 0.562. The maximum absolute atomic E-state index is 9.32. The van der Waals surface area contributed by atoms with E-state index in [-0.39, 0.29) is 0 Å². The van der Waals surface area contributed by atoms with E-state index in [1.807, 2.05) is 6.07 Å². The molecule has 0 aromatic heterocycles. The van der Waals surface area contributed by atoms with Gasteiger partial charge < -0.3 is 10.2 Å². The molecule has 2 atom stereocenters. The van der Waals surface area contributed by atoms with Crippen LogP contribution in [0, 0.1) is 23.2 Å². The van der Waals surface area contributed by atoms with Gasteiger partial charge in [-0.25, -0.2) is 0 Å². The van der Waals surface area contributed by atoms with Gasteiger partial charge in [0.2, 0.25) is 0 Å². The number of hydrogen-bond acceptors (Lipinski definition) is 3. The van der Waals surface area contributed by atoms with Gasteiger partial charge in [-0.3, -0.25) is 0 Å². The van der Waals surface area contributed by atoms with Gasteiger partial charge in [0.05, 0.1) is 11.3 Å². The molecule has 1 aliphatic rings. The lowest BCUT2D eigenvalue weighted by molar-refractivity contribution is 0.720. The minimum atomic E-state index is 0.784. The van der Waals surface area contributed by atoms with Crippen LogP contribution in [-0.2, 0) is 6.54 Å². The predicted molar refractivity (Wildman–Crippen MR) is 79.1 cm³/mol. The van der Waals surface area contributed by atoms with Gasteiger partial charge in [-0.2, -0.15) is 5.26 Å². The monoisotopic (exact) mass is 257 g/mol. The molecule has 0 spiro atoms. The standard InChI is InChI=1S/C16H23N3/c1-4-18-10-13-5-6-16(14(8-13)9-17)19(3)11-15-7-12(15)2/h5-6,8,12,15,18H,4,7,10-11H2,1-3H3. The average Bonchev–Trinajstić information content (AvgIpc) is 3.11. The zero-order valence-electron chi connectivity index (χ0n) is 12.1. The van der Waals surface area contributed by atoms with Crippen LogP contribution in [0.4, 0.5) is 5.69 Å². The maximum atomic E-state index is 9.32. The van der Waals surface area contributed by atoms with E-state index in [9.17, 15) is 5.26 Å². The molecule has 0 bridgehead atoms. The van der Waals surface area contributed by atoms with E-state index in [1.54, 1.807) is 0 Å². The quantitative estimate of drug-likeness (QED) is 0.851. The summed E-state index contributed by atoms with van der Waals surface area (Å²) < 4.78 is 0. The number of benzene rings is 1. The number of nitrogens with one attached hydrogen (secondary N) is 1. The summed E-state index contributed by atoms with van der Waals surface area (Å²) in [5.41, 5.74) is 3.02. The molecule has 0 heterocycles. The van der Waals surface area contributed by atoms with Crippen LogP contribution < -0.4 is 10.2 Å². The highest BCUT2D eigenvalue weighted by molar-refractivity contribution is 5.60. The van der Waals surface area contributed by atoms with Gasteiger partial charge in [0.25, 0.3) is 0 Å². The lowest BCUT2D eigenvalue weighted by Crippen LogP contribution is -2.21. The molecule has 1 N–H and O–H groups in total. The van der Waals surface area contributed by atoms with Crippen molar-refractivity contribution in [1.82, 2.24) is 5.32 Å². The Kier molecular flexibility index (Phi) is 4.44. The van der Waals surface area contributed by atoms with Crippen LogP contribution in [0.3, 0.4) is 0 Å². The van der Waals surface area contributed by atoms with Gasteiger partial charge in [0.15, 0.2) is 0 Å². The summed E-state index contributed by atoms with van der Waals surface area (Å²) in [5.74, 6) is 1.65. The lowest BCUT2D eigenvalue weighted by atomic mass is 10.1. The fourth-order valence-electron chi connectivity index (χ4n) is 2.49. The summed E-state index contributed by atoms with van der Waals surface area (Å²) in [5, 5.41) is 12.6. The van der Waals surface area contributed by atoms with Gasteiger partial charge in [-0.1, -0.05) is 19.9 Å². The minimum absolute atomic E-state index is 0.784. The van der Waals surface area contributed by atoms with E-state index in [0.717, 1.165) is 42.7 Å². The average molecular weight is 257 g/mol. The molecule has 1 saturated carbocycles. The van der Waals surface area contributed by atoms with Gasteiger partial charge in [-0.05, 0) is 42.5 Å². The second-order valence-electron chi connectivity index (χ2n) is 5.60. The SMILES string of the molecule is CCNCc1ccc(N(C)CC2CC2C)c(C#N)c1. The van der Waals surface area contributed by atoms with Gasteiger partial charge in [0, 0.05) is 20.1 Å². The molecule has 1 aromatic rings. The smallest absolute Gasteiger partial charge is 0.101 e. The highest BCUT2D eigenvalue weighted by atomic mass is 15.1. The van der Waals surface area contributed by atoms with E-state index in [4.69, 9.17) is 0 Å². The largest absolute Gasteiger partial charge is 0.373 e. The van der Waals surface area contributed by atoms with Crippen LogP contribution in [0.5, 0.6) is 0 Å². The second kappa shape index (κ2) is 6.08. The third-order valence-corrected chi connectivity index (χ3v) is 3.96. The van der Waals surface area contributed by atoms with Crippen molar-refractivity contribution in [1.29, 1.82) is 5.26 Å². The van der Waals surface area contributed by atoms with Crippen molar-refractivity contribution in [2.24, 2.45) is 11.8 Å². The Morgan fingerprint density at radius 1 is 1.47 bits per heavy atom. The molecule has 0 aliphatic heterocycles. The highest BCUT2D eigenvalue weighted by Crippen LogP contribution is 2.39. The molecule has 0 radical (unpaired) electrons. The van der Waals surface area contributed by atoms with E-state index in [2.05, 4.69) is 49.3 Å². The third kappa shape index (κ3) is 3.48. The van der Waals surface area contributed by atoms with Crippen LogP contribution >= 0.6 is 0 Å². The normalized spacial score (nSPS) is 20.9. The van der Waals surface area contributed by atoms with Crippen LogP contribution in [-0.4, -0.2) is 20.1 Å². The fourth-order valence-corrected chi connectivity index (χ4v) is 2.49. The van der Waals surface area contributed by atoms with Crippen LogP contribution in [0.2, 0.25) is 0 Å². The first kappa shape index (κ1) is 13.9. The molecule has 1 aliphatic carbocycles. The molecule has 3 heteroatoms. The number of rotatable bonds is 6. The highest BCUT2D eigenvalue weighted by Gasteiger charge is 2.33. The Morgan fingerprint density at radius 2 is 2.21 bits per heavy atom. The first-order valence-corrected chi connectivity index (χ1v) is 7.10. The van der Waals surface area contributed by atoms with E-state index in [0.29, 0.717) is 0 Å². The Hall–Kier alpha value is -1.53. The third-order valence-electron chi connectivity index (χ3n) is 3.96. The van der Waals surface area contributed by atoms with Gasteiger partial charge in [0.1, 0.15) is 6.07 Å². The first-order chi connectivity index (χ1) is 9.15. The molecule has 19 heavy (non-hydrogen) atoms. The molecular formula is C16H23N3. The van der Waals surface area contributed by atoms with Crippen molar-refractivity contribution in [3.63, 3.8) is 0 Å². The number of nitrogens with zero attached hydrogens (tertiary/aromatic N) is 2. The lowest BCUT2D eigenvalue weighted by Gasteiger charge is -2.21. The number of hydrogen-bond donors (Lipinski definition) is 1. The van der Waals surface area contributed by atoms with Crippen molar-refractivity contribution in [2.75, 3.05) is 25.0 Å². The molecule has 102 valence electrons. The summed E-state index contributed by atoms with van der Waals surface area (Å²) in [6.07, 6.45) is 1.32. The van der Waals surface area contributed by atoms with Gasteiger partial charge >= 0.3 is 0 Å². The zero-order chi connectivity index (χ0) is 13.8. The van der Waals surface area contributed by atoms with Crippen molar-refractivity contribution < 1.29 is 0 Å². The van der Waals surface area contributed by atoms with E-state index >= 15 is 0 Å². The van der Waals surface area contributed by atoms with Crippen LogP contribution in [0.1, 0.15) is 31.4 Å². The first-order valence-electron chi connectivity index (χ1n) is 7.10. The van der Waals surface area contributed by atoms with Crippen molar-refractivity contribution in [3.05, 3.63) is 29.3 Å². The number of nitriles is 1. The molecule has 0 saturated heterocycles. The summed E-state index contributed by atoms with van der Waals surface area (Å²) in [6.45, 7) is 7.22. The zero-order valence-corrected chi connectivity index (χ0v) is 12.1. The Morgan fingerprint density at radius 3 is 2.79 bits per heavy atom. The second-order valence-corrected chi connectivity index (χ2v) is 5.60. The topological polar surface area (TPSA) is 39.1 Å². The molecule has 1 aromatic carbocycles. The molecule has 3 nitrogen and oxygen atoms in total. The molecule has 0 amide bonds. The number of anilines is 1. The van der Waals surface area contributed by atoms with E-state index in [1.165, 1.54) is 12.0 Å². The Balaban J connectivity index is 2.09. The van der Waals surface area contributed by atoms with Gasteiger partial charge in [-0.15, -0.1) is 0 Å². The minimum Gasteiger partial charge on any atom is -0.373 e. The summed E-state index contributed by atoms with van der Waals surface area (Å²) in [4.78, 5) is 2.23. The van der Waals surface area contributed by atoms with E-state index < -0.39 is 0 Å². The Labute approximate surface area is 116 Å². The Bertz CT molecular complexity index is 475. The van der Waals surface area contributed by atoms with Crippen molar-refractivity contribution in [2.45, 2.75) is 26.8 Å². The maximum Gasteiger partial charge on any atom is 0.101 e. The summed E-state index contributed by atoms with van der Waals surface area (Å²) in [7, 11) is 2.09.